The maximum atomic E-state index is 4.31. The van der Waals surface area contributed by atoms with Crippen molar-refractivity contribution >= 4 is 0 Å². The molecule has 4 heterocycles. The molecule has 0 saturated carbocycles. The molecule has 0 radical (unpaired) electrons. The third-order valence-corrected chi connectivity index (χ3v) is 4.73. The lowest BCUT2D eigenvalue weighted by Gasteiger charge is -2.27. The minimum Gasteiger partial charge on any atom is -0.310 e. The highest BCUT2D eigenvalue weighted by Gasteiger charge is 2.38. The first-order valence-electron chi connectivity index (χ1n) is 7.61. The molecule has 1 saturated heterocycles. The molecule has 0 amide bonds. The highest BCUT2D eigenvalue weighted by molar-refractivity contribution is 5.09. The van der Waals surface area contributed by atoms with Gasteiger partial charge in [-0.3, -0.25) is 4.90 Å². The van der Waals surface area contributed by atoms with Gasteiger partial charge in [-0.1, -0.05) is 0 Å². The Hall–Kier alpha value is -1.82. The summed E-state index contributed by atoms with van der Waals surface area (Å²) in [6.07, 6.45) is 6.17. The molecule has 110 valence electrons. The standard InChI is InChI=1S/C15H20N6/c1-10-16-5-12(6-17-10)7-20-8-13-3-4-15-19-18-11(2)21(15)14(13)9-20/h5-6,13-14H,3-4,7-9H2,1-2H3/t13-,14+/m1/s1. The van der Waals surface area contributed by atoms with Crippen molar-refractivity contribution in [3.8, 4) is 0 Å². The monoisotopic (exact) mass is 284 g/mol. The molecule has 2 aliphatic heterocycles. The topological polar surface area (TPSA) is 59.7 Å². The summed E-state index contributed by atoms with van der Waals surface area (Å²) >= 11 is 0. The summed E-state index contributed by atoms with van der Waals surface area (Å²) in [5, 5.41) is 8.56. The molecule has 2 aromatic heterocycles. The van der Waals surface area contributed by atoms with Crippen LogP contribution in [0.5, 0.6) is 0 Å². The predicted octanol–water partition coefficient (Wildman–Crippen LogP) is 1.30. The van der Waals surface area contributed by atoms with Gasteiger partial charge >= 0.3 is 0 Å². The second-order valence-electron chi connectivity index (χ2n) is 6.23. The van der Waals surface area contributed by atoms with Crippen molar-refractivity contribution in [2.45, 2.75) is 39.3 Å². The van der Waals surface area contributed by atoms with Gasteiger partial charge < -0.3 is 4.57 Å². The van der Waals surface area contributed by atoms with E-state index in [1.54, 1.807) is 0 Å². The van der Waals surface area contributed by atoms with E-state index >= 15 is 0 Å². The summed E-state index contributed by atoms with van der Waals surface area (Å²) in [5.74, 6) is 3.77. The van der Waals surface area contributed by atoms with E-state index in [4.69, 9.17) is 0 Å². The lowest BCUT2D eigenvalue weighted by Crippen LogP contribution is -2.26. The van der Waals surface area contributed by atoms with Gasteiger partial charge in [-0.2, -0.15) is 0 Å². The Labute approximate surface area is 124 Å². The van der Waals surface area contributed by atoms with Gasteiger partial charge in [0.2, 0.25) is 0 Å². The van der Waals surface area contributed by atoms with E-state index in [-0.39, 0.29) is 0 Å². The first kappa shape index (κ1) is 12.9. The van der Waals surface area contributed by atoms with Gasteiger partial charge in [0.1, 0.15) is 17.5 Å². The van der Waals surface area contributed by atoms with E-state index in [9.17, 15) is 0 Å². The van der Waals surface area contributed by atoms with Crippen LogP contribution in [-0.2, 0) is 13.0 Å². The number of aryl methyl sites for hydroxylation is 3. The van der Waals surface area contributed by atoms with Crippen molar-refractivity contribution in [2.24, 2.45) is 5.92 Å². The molecule has 0 bridgehead atoms. The largest absolute Gasteiger partial charge is 0.310 e. The second kappa shape index (κ2) is 4.87. The minimum atomic E-state index is 0.537. The number of rotatable bonds is 2. The molecule has 2 aliphatic rings. The van der Waals surface area contributed by atoms with E-state index in [0.717, 1.165) is 49.4 Å². The Morgan fingerprint density at radius 3 is 2.76 bits per heavy atom. The summed E-state index contributed by atoms with van der Waals surface area (Å²) in [6, 6.07) is 0.537. The first-order chi connectivity index (χ1) is 10.2. The van der Waals surface area contributed by atoms with Crippen LogP contribution in [0.1, 0.15) is 35.5 Å². The smallest absolute Gasteiger partial charge is 0.133 e. The first-order valence-corrected chi connectivity index (χ1v) is 7.61. The fourth-order valence-corrected chi connectivity index (χ4v) is 3.74. The number of hydrogen-bond donors (Lipinski definition) is 0. The van der Waals surface area contributed by atoms with Crippen LogP contribution in [0.25, 0.3) is 0 Å². The Bertz CT molecular complexity index is 647. The average Bonchev–Trinajstić information content (AvgIpc) is 3.04. The van der Waals surface area contributed by atoms with Gasteiger partial charge in [0.25, 0.3) is 0 Å². The van der Waals surface area contributed by atoms with Crippen molar-refractivity contribution < 1.29 is 0 Å². The van der Waals surface area contributed by atoms with Crippen LogP contribution in [0, 0.1) is 19.8 Å². The number of aromatic nitrogens is 5. The van der Waals surface area contributed by atoms with E-state index in [0.29, 0.717) is 6.04 Å². The molecule has 0 aromatic carbocycles. The maximum Gasteiger partial charge on any atom is 0.133 e. The molecule has 21 heavy (non-hydrogen) atoms. The molecule has 1 fully saturated rings. The summed E-state index contributed by atoms with van der Waals surface area (Å²) < 4.78 is 2.36. The zero-order valence-corrected chi connectivity index (χ0v) is 12.5. The zero-order valence-electron chi connectivity index (χ0n) is 12.5. The van der Waals surface area contributed by atoms with Crippen LogP contribution in [0.2, 0.25) is 0 Å². The molecule has 6 nitrogen and oxygen atoms in total. The summed E-state index contributed by atoms with van der Waals surface area (Å²) in [7, 11) is 0. The summed E-state index contributed by atoms with van der Waals surface area (Å²) in [6.45, 7) is 7.14. The SMILES string of the molecule is Cc1ncc(CN2C[C@H]3CCc4nnc(C)n4[C@H]3C2)cn1. The highest BCUT2D eigenvalue weighted by Crippen LogP contribution is 2.37. The van der Waals surface area contributed by atoms with Crippen LogP contribution in [0.3, 0.4) is 0 Å². The molecular weight excluding hydrogens is 264 g/mol. The van der Waals surface area contributed by atoms with Crippen molar-refractivity contribution in [3.05, 3.63) is 35.4 Å². The van der Waals surface area contributed by atoms with Crippen LogP contribution >= 0.6 is 0 Å². The molecule has 0 spiro atoms. The molecule has 6 heteroatoms. The number of fused-ring (bicyclic) bond motifs is 3. The van der Waals surface area contributed by atoms with Crippen molar-refractivity contribution in [3.63, 3.8) is 0 Å². The Kier molecular flexibility index (Phi) is 2.99. The lowest BCUT2D eigenvalue weighted by atomic mass is 9.94. The van der Waals surface area contributed by atoms with Gasteiger partial charge in [-0.05, 0) is 26.2 Å². The lowest BCUT2D eigenvalue weighted by molar-refractivity contribution is 0.312. The Morgan fingerprint density at radius 2 is 1.95 bits per heavy atom. The summed E-state index contributed by atoms with van der Waals surface area (Å²) in [5.41, 5.74) is 1.19. The van der Waals surface area contributed by atoms with Crippen molar-refractivity contribution in [1.29, 1.82) is 0 Å². The molecule has 4 rings (SSSR count). The van der Waals surface area contributed by atoms with Crippen molar-refractivity contribution in [1.82, 2.24) is 29.6 Å². The van der Waals surface area contributed by atoms with Crippen molar-refractivity contribution in [2.75, 3.05) is 13.1 Å². The van der Waals surface area contributed by atoms with Crippen LogP contribution in [-0.4, -0.2) is 42.7 Å². The van der Waals surface area contributed by atoms with Gasteiger partial charge in [0.15, 0.2) is 0 Å². The van der Waals surface area contributed by atoms with Crippen LogP contribution < -0.4 is 0 Å². The Morgan fingerprint density at radius 1 is 1.14 bits per heavy atom. The quantitative estimate of drug-likeness (QED) is 0.832. The normalized spacial score (nSPS) is 24.9. The van der Waals surface area contributed by atoms with E-state index in [1.807, 2.05) is 19.3 Å². The van der Waals surface area contributed by atoms with Crippen LogP contribution in [0.15, 0.2) is 12.4 Å². The number of hydrogen-bond acceptors (Lipinski definition) is 5. The molecule has 2 aromatic rings. The number of likely N-dealkylation sites (tertiary alicyclic amines) is 1. The van der Waals surface area contributed by atoms with Crippen LogP contribution in [0.4, 0.5) is 0 Å². The predicted molar refractivity (Wildman–Crippen MR) is 77.7 cm³/mol. The third-order valence-electron chi connectivity index (χ3n) is 4.73. The van der Waals surface area contributed by atoms with Gasteiger partial charge in [0, 0.05) is 44.0 Å². The van der Waals surface area contributed by atoms with Gasteiger partial charge in [-0.25, -0.2) is 9.97 Å². The Balaban J connectivity index is 1.52. The maximum absolute atomic E-state index is 4.31. The molecule has 0 N–H and O–H groups in total. The minimum absolute atomic E-state index is 0.537. The summed E-state index contributed by atoms with van der Waals surface area (Å²) in [4.78, 5) is 11.1. The fraction of sp³-hybridized carbons (Fsp3) is 0.600. The van der Waals surface area contributed by atoms with E-state index < -0.39 is 0 Å². The second-order valence-corrected chi connectivity index (χ2v) is 6.23. The molecule has 2 atom stereocenters. The molecule has 0 unspecified atom stereocenters. The van der Waals surface area contributed by atoms with Gasteiger partial charge in [0.05, 0.1) is 6.04 Å². The zero-order chi connectivity index (χ0) is 14.4. The number of nitrogens with zero attached hydrogens (tertiary/aromatic N) is 6. The fourth-order valence-electron chi connectivity index (χ4n) is 3.74. The van der Waals surface area contributed by atoms with E-state index in [2.05, 4.69) is 36.6 Å². The highest BCUT2D eigenvalue weighted by atomic mass is 15.3. The average molecular weight is 284 g/mol. The third kappa shape index (κ3) is 2.23. The molecule has 0 aliphatic carbocycles. The molecular formula is C15H20N6. The van der Waals surface area contributed by atoms with Gasteiger partial charge in [-0.15, -0.1) is 10.2 Å². The van der Waals surface area contributed by atoms with E-state index in [1.165, 1.54) is 12.0 Å².